The molecule has 0 saturated heterocycles. The topological polar surface area (TPSA) is 58.9 Å². The molecule has 0 heterocycles. The number of hydrogen-bond acceptors (Lipinski definition) is 4. The van der Waals surface area contributed by atoms with E-state index in [0.29, 0.717) is 6.61 Å². The lowest BCUT2D eigenvalue weighted by molar-refractivity contribution is -0.0115. The number of rotatable bonds is 9. The second-order valence-corrected chi connectivity index (χ2v) is 3.81. The van der Waals surface area contributed by atoms with E-state index in [1.165, 1.54) is 7.11 Å². The minimum absolute atomic E-state index is 0.137. The molecule has 0 aromatic rings. The van der Waals surface area contributed by atoms with Gasteiger partial charge in [0, 0.05) is 14.2 Å². The van der Waals surface area contributed by atoms with Gasteiger partial charge in [0.2, 0.25) is 0 Å². The van der Waals surface area contributed by atoms with Crippen LogP contribution in [0.5, 0.6) is 0 Å². The smallest absolute Gasteiger partial charge is 0.107 e. The van der Waals surface area contributed by atoms with Crippen LogP contribution >= 0.6 is 0 Å². The first-order chi connectivity index (χ1) is 7.67. The zero-order chi connectivity index (χ0) is 12.4. The standard InChI is InChI=1S/C12H24O4/c1-4-5-6-10(7-8-15-2)12(14)11(13)9-16-3/h7,11-14H,4-6,8-9H2,1-3H3. The summed E-state index contributed by atoms with van der Waals surface area (Å²) in [5.74, 6) is 0. The second-order valence-electron chi connectivity index (χ2n) is 3.81. The van der Waals surface area contributed by atoms with E-state index in [9.17, 15) is 10.2 Å². The van der Waals surface area contributed by atoms with E-state index in [1.807, 2.05) is 6.08 Å². The summed E-state index contributed by atoms with van der Waals surface area (Å²) in [6, 6.07) is 0. The molecule has 4 nitrogen and oxygen atoms in total. The molecule has 0 spiro atoms. The predicted octanol–water partition coefficient (Wildman–Crippen LogP) is 1.12. The van der Waals surface area contributed by atoms with Crippen LogP contribution in [0.25, 0.3) is 0 Å². The normalized spacial score (nSPS) is 16.2. The van der Waals surface area contributed by atoms with Crippen molar-refractivity contribution in [3.8, 4) is 0 Å². The molecule has 16 heavy (non-hydrogen) atoms. The van der Waals surface area contributed by atoms with Crippen molar-refractivity contribution in [2.75, 3.05) is 27.4 Å². The van der Waals surface area contributed by atoms with Gasteiger partial charge in [-0.25, -0.2) is 0 Å². The van der Waals surface area contributed by atoms with Crippen LogP contribution in [-0.2, 0) is 9.47 Å². The van der Waals surface area contributed by atoms with Gasteiger partial charge in [0.05, 0.1) is 13.2 Å². The molecule has 0 aliphatic heterocycles. The second kappa shape index (κ2) is 9.78. The lowest BCUT2D eigenvalue weighted by Gasteiger charge is -2.20. The van der Waals surface area contributed by atoms with E-state index < -0.39 is 12.2 Å². The summed E-state index contributed by atoms with van der Waals surface area (Å²) in [7, 11) is 3.10. The Morgan fingerprint density at radius 3 is 2.44 bits per heavy atom. The minimum atomic E-state index is -0.870. The molecule has 0 fully saturated rings. The molecule has 0 aliphatic carbocycles. The van der Waals surface area contributed by atoms with Gasteiger partial charge in [-0.2, -0.15) is 0 Å². The van der Waals surface area contributed by atoms with Crippen LogP contribution in [0.15, 0.2) is 11.6 Å². The van der Waals surface area contributed by atoms with Crippen molar-refractivity contribution in [1.82, 2.24) is 0 Å². The Labute approximate surface area is 97.9 Å². The van der Waals surface area contributed by atoms with Crippen molar-refractivity contribution in [3.63, 3.8) is 0 Å². The molecule has 2 N–H and O–H groups in total. The van der Waals surface area contributed by atoms with Crippen LogP contribution in [0.4, 0.5) is 0 Å². The first kappa shape index (κ1) is 15.6. The van der Waals surface area contributed by atoms with Crippen molar-refractivity contribution in [2.24, 2.45) is 0 Å². The minimum Gasteiger partial charge on any atom is -0.388 e. The van der Waals surface area contributed by atoms with E-state index in [-0.39, 0.29) is 6.61 Å². The Balaban J connectivity index is 4.35. The van der Waals surface area contributed by atoms with E-state index in [2.05, 4.69) is 6.92 Å². The Bertz CT molecular complexity index is 191. The number of ether oxygens (including phenoxy) is 2. The SMILES string of the molecule is CCCCC(=CCOC)C(O)C(O)COC. The lowest BCUT2D eigenvalue weighted by atomic mass is 9.99. The third kappa shape index (κ3) is 6.23. The zero-order valence-corrected chi connectivity index (χ0v) is 10.5. The summed E-state index contributed by atoms with van der Waals surface area (Å²) in [6.45, 7) is 2.68. The molecular formula is C12H24O4. The van der Waals surface area contributed by atoms with Gasteiger partial charge in [-0.15, -0.1) is 0 Å². The molecule has 0 rings (SSSR count). The highest BCUT2D eigenvalue weighted by Crippen LogP contribution is 2.15. The average molecular weight is 232 g/mol. The average Bonchev–Trinajstić information content (AvgIpc) is 2.29. The number of unbranched alkanes of at least 4 members (excludes halogenated alkanes) is 1. The molecule has 0 aromatic carbocycles. The first-order valence-corrected chi connectivity index (χ1v) is 5.70. The van der Waals surface area contributed by atoms with Crippen molar-refractivity contribution >= 4 is 0 Å². The van der Waals surface area contributed by atoms with E-state index in [0.717, 1.165) is 24.8 Å². The Kier molecular flexibility index (Phi) is 9.52. The molecule has 2 atom stereocenters. The van der Waals surface area contributed by atoms with Crippen LogP contribution in [0, 0.1) is 0 Å². The molecule has 0 aliphatic rings. The highest BCUT2D eigenvalue weighted by atomic mass is 16.5. The summed E-state index contributed by atoms with van der Waals surface area (Å²) >= 11 is 0. The Morgan fingerprint density at radius 1 is 1.25 bits per heavy atom. The van der Waals surface area contributed by atoms with Gasteiger partial charge < -0.3 is 19.7 Å². The van der Waals surface area contributed by atoms with Gasteiger partial charge in [-0.1, -0.05) is 19.4 Å². The van der Waals surface area contributed by atoms with Gasteiger partial charge in [0.1, 0.15) is 12.2 Å². The van der Waals surface area contributed by atoms with Gasteiger partial charge in [-0.05, 0) is 18.4 Å². The van der Waals surface area contributed by atoms with Gasteiger partial charge in [0.25, 0.3) is 0 Å². The van der Waals surface area contributed by atoms with Gasteiger partial charge >= 0.3 is 0 Å². The zero-order valence-electron chi connectivity index (χ0n) is 10.5. The van der Waals surface area contributed by atoms with Crippen LogP contribution < -0.4 is 0 Å². The van der Waals surface area contributed by atoms with E-state index in [4.69, 9.17) is 9.47 Å². The fourth-order valence-corrected chi connectivity index (χ4v) is 1.45. The maximum Gasteiger partial charge on any atom is 0.107 e. The van der Waals surface area contributed by atoms with Crippen LogP contribution in [0.2, 0.25) is 0 Å². The number of methoxy groups -OCH3 is 2. The summed E-state index contributed by atoms with van der Waals surface area (Å²) in [5, 5.41) is 19.5. The van der Waals surface area contributed by atoms with Crippen molar-refractivity contribution < 1.29 is 19.7 Å². The number of aliphatic hydroxyl groups excluding tert-OH is 2. The summed E-state index contributed by atoms with van der Waals surface area (Å²) in [5.41, 5.74) is 0.827. The van der Waals surface area contributed by atoms with Gasteiger partial charge in [0.15, 0.2) is 0 Å². The van der Waals surface area contributed by atoms with Crippen molar-refractivity contribution in [1.29, 1.82) is 0 Å². The predicted molar refractivity (Wildman–Crippen MR) is 63.4 cm³/mol. The van der Waals surface area contributed by atoms with Crippen LogP contribution in [-0.4, -0.2) is 49.9 Å². The monoisotopic (exact) mass is 232 g/mol. The maximum atomic E-state index is 9.91. The largest absolute Gasteiger partial charge is 0.388 e. The summed E-state index contributed by atoms with van der Waals surface area (Å²) in [6.07, 6.45) is 2.93. The molecule has 96 valence electrons. The van der Waals surface area contributed by atoms with E-state index >= 15 is 0 Å². The fraction of sp³-hybridized carbons (Fsp3) is 0.833. The van der Waals surface area contributed by atoms with Crippen LogP contribution in [0.3, 0.4) is 0 Å². The molecule has 2 unspecified atom stereocenters. The Morgan fingerprint density at radius 2 is 1.94 bits per heavy atom. The summed E-state index contributed by atoms with van der Waals surface area (Å²) in [4.78, 5) is 0. The van der Waals surface area contributed by atoms with Crippen molar-refractivity contribution in [3.05, 3.63) is 11.6 Å². The van der Waals surface area contributed by atoms with Crippen LogP contribution in [0.1, 0.15) is 26.2 Å². The molecule has 0 bridgehead atoms. The molecule has 4 heteroatoms. The quantitative estimate of drug-likeness (QED) is 0.585. The highest BCUT2D eigenvalue weighted by Gasteiger charge is 2.19. The van der Waals surface area contributed by atoms with E-state index in [1.54, 1.807) is 7.11 Å². The van der Waals surface area contributed by atoms with Crippen molar-refractivity contribution in [2.45, 2.75) is 38.4 Å². The third-order valence-corrected chi connectivity index (χ3v) is 2.41. The fourth-order valence-electron chi connectivity index (χ4n) is 1.45. The molecular weight excluding hydrogens is 208 g/mol. The summed E-state index contributed by atoms with van der Waals surface area (Å²) < 4.78 is 9.76. The maximum absolute atomic E-state index is 9.91. The molecule has 0 saturated carbocycles. The lowest BCUT2D eigenvalue weighted by Crippen LogP contribution is -2.32. The molecule has 0 aromatic heterocycles. The number of aliphatic hydroxyl groups is 2. The number of hydrogen-bond donors (Lipinski definition) is 2. The third-order valence-electron chi connectivity index (χ3n) is 2.41. The highest BCUT2D eigenvalue weighted by molar-refractivity contribution is 5.10. The van der Waals surface area contributed by atoms with Gasteiger partial charge in [-0.3, -0.25) is 0 Å². The molecule has 0 amide bonds. The molecule has 0 radical (unpaired) electrons. The Hall–Kier alpha value is -0.420. The first-order valence-electron chi connectivity index (χ1n) is 5.70.